The number of methoxy groups -OCH3 is 1. The van der Waals surface area contributed by atoms with Crippen LogP contribution in [-0.2, 0) is 14.8 Å². The first-order valence-electron chi connectivity index (χ1n) is 6.39. The van der Waals surface area contributed by atoms with Gasteiger partial charge in [0, 0.05) is 24.7 Å². The highest BCUT2D eigenvalue weighted by Gasteiger charge is 2.38. The monoisotopic (exact) mass is 415 g/mol. The third-order valence-corrected chi connectivity index (χ3v) is 6.90. The van der Waals surface area contributed by atoms with E-state index in [4.69, 9.17) is 27.9 Å². The lowest BCUT2D eigenvalue weighted by atomic mass is 9.96. The molecule has 1 aliphatic heterocycles. The lowest BCUT2D eigenvalue weighted by Gasteiger charge is -2.38. The van der Waals surface area contributed by atoms with Gasteiger partial charge in [-0.3, -0.25) is 0 Å². The molecule has 118 valence electrons. The number of hydrogen-bond acceptors (Lipinski definition) is 3. The molecule has 8 heteroatoms. The molecule has 1 fully saturated rings. The number of halogens is 3. The van der Waals surface area contributed by atoms with Crippen LogP contribution in [0.1, 0.15) is 19.8 Å². The summed E-state index contributed by atoms with van der Waals surface area (Å²) in [5.41, 5.74) is -0.486. The molecule has 0 aromatic heterocycles. The van der Waals surface area contributed by atoms with Crippen molar-refractivity contribution in [1.29, 1.82) is 0 Å². The average Bonchev–Trinajstić information content (AvgIpc) is 2.37. The van der Waals surface area contributed by atoms with E-state index in [9.17, 15) is 8.42 Å². The molecule has 0 aliphatic carbocycles. The summed E-state index contributed by atoms with van der Waals surface area (Å²) in [6.07, 6.45) is 1.55. The fraction of sp³-hybridized carbons (Fsp3) is 0.538. The molecule has 4 nitrogen and oxygen atoms in total. The zero-order valence-corrected chi connectivity index (χ0v) is 15.6. The molecule has 0 bridgehead atoms. The molecule has 0 radical (unpaired) electrons. The minimum Gasteiger partial charge on any atom is -0.377 e. The van der Waals surface area contributed by atoms with Crippen molar-refractivity contribution in [3.05, 3.63) is 26.7 Å². The van der Waals surface area contributed by atoms with Crippen LogP contribution in [0.2, 0.25) is 10.0 Å². The maximum Gasteiger partial charge on any atom is 0.246 e. The molecule has 21 heavy (non-hydrogen) atoms. The molecule has 1 atom stereocenters. The third kappa shape index (κ3) is 3.57. The van der Waals surface area contributed by atoms with Crippen LogP contribution in [0.3, 0.4) is 0 Å². The fourth-order valence-electron chi connectivity index (χ4n) is 2.44. The van der Waals surface area contributed by atoms with Crippen LogP contribution in [-0.4, -0.2) is 38.5 Å². The predicted octanol–water partition coefficient (Wildman–Crippen LogP) is 3.95. The molecule has 1 aromatic carbocycles. The van der Waals surface area contributed by atoms with E-state index in [1.165, 1.54) is 16.4 Å². The second-order valence-electron chi connectivity index (χ2n) is 5.29. The molecule has 1 unspecified atom stereocenters. The van der Waals surface area contributed by atoms with Gasteiger partial charge in [0.1, 0.15) is 4.90 Å². The van der Waals surface area contributed by atoms with E-state index in [1.54, 1.807) is 7.11 Å². The molecule has 0 amide bonds. The largest absolute Gasteiger partial charge is 0.377 e. The minimum atomic E-state index is -3.75. The SMILES string of the molecule is COC1(C)CCCN(S(=O)(=O)c2c(Cl)cc(Br)cc2Cl)C1. The highest BCUT2D eigenvalue weighted by molar-refractivity contribution is 9.10. The summed E-state index contributed by atoms with van der Waals surface area (Å²) < 4.78 is 33.1. The maximum absolute atomic E-state index is 12.8. The van der Waals surface area contributed by atoms with Gasteiger partial charge in [-0.05, 0) is 31.9 Å². The van der Waals surface area contributed by atoms with Gasteiger partial charge in [0.25, 0.3) is 0 Å². The Morgan fingerprint density at radius 3 is 2.43 bits per heavy atom. The van der Waals surface area contributed by atoms with Crippen LogP contribution in [0.5, 0.6) is 0 Å². The van der Waals surface area contributed by atoms with Crippen LogP contribution in [0.25, 0.3) is 0 Å². The summed E-state index contributed by atoms with van der Waals surface area (Å²) in [6.45, 7) is 2.62. The molecule has 1 saturated heterocycles. The van der Waals surface area contributed by atoms with Crippen molar-refractivity contribution in [2.75, 3.05) is 20.2 Å². The normalized spacial score (nSPS) is 24.2. The maximum atomic E-state index is 12.8. The van der Waals surface area contributed by atoms with Crippen molar-refractivity contribution in [2.24, 2.45) is 0 Å². The summed E-state index contributed by atoms with van der Waals surface area (Å²) in [5, 5.41) is 0.220. The third-order valence-electron chi connectivity index (χ3n) is 3.68. The van der Waals surface area contributed by atoms with Gasteiger partial charge in [-0.2, -0.15) is 4.31 Å². The summed E-state index contributed by atoms with van der Waals surface area (Å²) in [6, 6.07) is 3.06. The fourth-order valence-corrected chi connectivity index (χ4v) is 5.91. The Hall–Kier alpha value is 0.150. The molecule has 1 aromatic rings. The summed E-state index contributed by atoms with van der Waals surface area (Å²) in [5.74, 6) is 0. The van der Waals surface area contributed by atoms with Crippen molar-refractivity contribution in [3.8, 4) is 0 Å². The van der Waals surface area contributed by atoms with Crippen LogP contribution >= 0.6 is 39.1 Å². The first-order chi connectivity index (χ1) is 9.69. The first-order valence-corrected chi connectivity index (χ1v) is 9.38. The molecule has 1 heterocycles. The van der Waals surface area contributed by atoms with E-state index in [-0.39, 0.29) is 21.5 Å². The number of piperidine rings is 1. The Balaban J connectivity index is 2.43. The van der Waals surface area contributed by atoms with Gasteiger partial charge >= 0.3 is 0 Å². The number of nitrogens with zero attached hydrogens (tertiary/aromatic N) is 1. The number of benzene rings is 1. The Morgan fingerprint density at radius 1 is 1.33 bits per heavy atom. The van der Waals surface area contributed by atoms with Crippen molar-refractivity contribution in [1.82, 2.24) is 4.31 Å². The zero-order valence-electron chi connectivity index (χ0n) is 11.7. The standard InChI is InChI=1S/C13H16BrCl2NO3S/c1-13(20-2)4-3-5-17(8-13)21(18,19)12-10(15)6-9(14)7-11(12)16/h6-7H,3-5,8H2,1-2H3. The summed E-state index contributed by atoms with van der Waals surface area (Å²) >= 11 is 15.4. The highest BCUT2D eigenvalue weighted by atomic mass is 79.9. The van der Waals surface area contributed by atoms with Crippen LogP contribution < -0.4 is 0 Å². The van der Waals surface area contributed by atoms with Gasteiger partial charge < -0.3 is 4.74 Å². The van der Waals surface area contributed by atoms with Gasteiger partial charge in [-0.25, -0.2) is 8.42 Å². The van der Waals surface area contributed by atoms with Gasteiger partial charge in [0.2, 0.25) is 10.0 Å². The molecule has 2 rings (SSSR count). The summed E-state index contributed by atoms with van der Waals surface area (Å²) in [4.78, 5) is -0.0469. The van der Waals surface area contributed by atoms with E-state index >= 15 is 0 Å². The van der Waals surface area contributed by atoms with Crippen LogP contribution in [0.4, 0.5) is 0 Å². The topological polar surface area (TPSA) is 46.6 Å². The summed E-state index contributed by atoms with van der Waals surface area (Å²) in [7, 11) is -2.16. The number of hydrogen-bond donors (Lipinski definition) is 0. The number of ether oxygens (including phenoxy) is 1. The van der Waals surface area contributed by atoms with Crippen molar-refractivity contribution in [3.63, 3.8) is 0 Å². The average molecular weight is 417 g/mol. The van der Waals surface area contributed by atoms with Crippen molar-refractivity contribution >= 4 is 49.2 Å². The smallest absolute Gasteiger partial charge is 0.246 e. The molecular formula is C13H16BrCl2NO3S. The van der Waals surface area contributed by atoms with Gasteiger partial charge in [-0.1, -0.05) is 39.1 Å². The van der Waals surface area contributed by atoms with Gasteiger partial charge in [0.05, 0.1) is 15.6 Å². The molecule has 1 aliphatic rings. The molecular weight excluding hydrogens is 401 g/mol. The number of rotatable bonds is 3. The second kappa shape index (κ2) is 6.34. The van der Waals surface area contributed by atoms with E-state index < -0.39 is 15.6 Å². The predicted molar refractivity (Wildman–Crippen MR) is 87.6 cm³/mol. The second-order valence-corrected chi connectivity index (χ2v) is 8.90. The Morgan fingerprint density at radius 2 is 1.90 bits per heavy atom. The lowest BCUT2D eigenvalue weighted by Crippen LogP contribution is -2.49. The van der Waals surface area contributed by atoms with Crippen LogP contribution in [0, 0.1) is 0 Å². The van der Waals surface area contributed by atoms with E-state index in [2.05, 4.69) is 15.9 Å². The van der Waals surface area contributed by atoms with Crippen molar-refractivity contribution < 1.29 is 13.2 Å². The quantitative estimate of drug-likeness (QED) is 0.749. The zero-order chi connectivity index (χ0) is 15.8. The van der Waals surface area contributed by atoms with E-state index in [1.807, 2.05) is 6.92 Å². The Labute approximate surface area is 143 Å². The molecule has 0 spiro atoms. The minimum absolute atomic E-state index is 0.0469. The lowest BCUT2D eigenvalue weighted by molar-refractivity contribution is -0.0319. The van der Waals surface area contributed by atoms with Gasteiger partial charge in [0.15, 0.2) is 0 Å². The van der Waals surface area contributed by atoms with Crippen molar-refractivity contribution in [2.45, 2.75) is 30.3 Å². The number of sulfonamides is 1. The Bertz CT molecular complexity index is 630. The Kier molecular flexibility index (Phi) is 5.28. The van der Waals surface area contributed by atoms with E-state index in [0.29, 0.717) is 11.0 Å². The molecule has 0 saturated carbocycles. The van der Waals surface area contributed by atoms with Crippen LogP contribution in [0.15, 0.2) is 21.5 Å². The first kappa shape index (κ1) is 17.5. The molecule has 0 N–H and O–H groups in total. The van der Waals surface area contributed by atoms with Gasteiger partial charge in [-0.15, -0.1) is 0 Å². The van der Waals surface area contributed by atoms with E-state index in [0.717, 1.165) is 12.8 Å². The highest BCUT2D eigenvalue weighted by Crippen LogP contribution is 2.36.